The number of H-pyrrole nitrogens is 1. The second-order valence-electron chi connectivity index (χ2n) is 7.60. The van der Waals surface area contributed by atoms with E-state index in [-0.39, 0.29) is 17.6 Å². The quantitative estimate of drug-likeness (QED) is 0.902. The van der Waals surface area contributed by atoms with E-state index in [1.54, 1.807) is 7.11 Å². The molecule has 1 aromatic carbocycles. The molecule has 0 bridgehead atoms. The second-order valence-corrected chi connectivity index (χ2v) is 7.60. The first kappa shape index (κ1) is 18.2. The number of nitrogens with one attached hydrogen (secondary N) is 1. The summed E-state index contributed by atoms with van der Waals surface area (Å²) < 4.78 is 11.8. The number of piperidine rings is 1. The van der Waals surface area contributed by atoms with Gasteiger partial charge in [-0.05, 0) is 38.7 Å². The van der Waals surface area contributed by atoms with Gasteiger partial charge in [-0.3, -0.25) is 9.89 Å². The Balaban J connectivity index is 1.43. The summed E-state index contributed by atoms with van der Waals surface area (Å²) in [4.78, 5) is 14.8. The minimum Gasteiger partial charge on any atom is -0.378 e. The third-order valence-electron chi connectivity index (χ3n) is 5.92. The van der Waals surface area contributed by atoms with Gasteiger partial charge in [0, 0.05) is 32.4 Å². The van der Waals surface area contributed by atoms with Crippen LogP contribution in [0.3, 0.4) is 0 Å². The number of nitrogens with zero attached hydrogens (tertiary/aromatic N) is 2. The van der Waals surface area contributed by atoms with Crippen molar-refractivity contribution in [3.05, 3.63) is 41.6 Å². The van der Waals surface area contributed by atoms with Gasteiger partial charge >= 0.3 is 0 Å². The van der Waals surface area contributed by atoms with Gasteiger partial charge in [0.25, 0.3) is 5.91 Å². The Morgan fingerprint density at radius 1 is 1.30 bits per heavy atom. The van der Waals surface area contributed by atoms with Crippen LogP contribution in [0.5, 0.6) is 0 Å². The van der Waals surface area contributed by atoms with Gasteiger partial charge in [0.1, 0.15) is 5.69 Å². The second kappa shape index (κ2) is 7.44. The Labute approximate surface area is 159 Å². The van der Waals surface area contributed by atoms with E-state index >= 15 is 0 Å². The lowest BCUT2D eigenvalue weighted by Gasteiger charge is -2.47. The smallest absolute Gasteiger partial charge is 0.271 e. The average molecular weight is 369 g/mol. The van der Waals surface area contributed by atoms with Crippen molar-refractivity contribution in [3.8, 4) is 11.3 Å². The summed E-state index contributed by atoms with van der Waals surface area (Å²) in [5.41, 5.74) is 3.31. The topological polar surface area (TPSA) is 67.5 Å². The van der Waals surface area contributed by atoms with E-state index in [0.717, 1.165) is 43.5 Å². The largest absolute Gasteiger partial charge is 0.378 e. The minimum atomic E-state index is -0.231. The van der Waals surface area contributed by atoms with Crippen LogP contribution in [0.4, 0.5) is 0 Å². The molecule has 2 saturated heterocycles. The van der Waals surface area contributed by atoms with Gasteiger partial charge in [0.05, 0.1) is 17.4 Å². The molecule has 6 heteroatoms. The molecule has 1 aromatic heterocycles. The van der Waals surface area contributed by atoms with E-state index in [4.69, 9.17) is 9.47 Å². The highest BCUT2D eigenvalue weighted by Crippen LogP contribution is 2.37. The molecule has 1 atom stereocenters. The fourth-order valence-electron chi connectivity index (χ4n) is 4.26. The van der Waals surface area contributed by atoms with Crippen LogP contribution in [-0.4, -0.2) is 59.5 Å². The number of carbonyl (C=O) groups is 1. The summed E-state index contributed by atoms with van der Waals surface area (Å²) in [6.45, 7) is 4.19. The van der Waals surface area contributed by atoms with Crippen LogP contribution in [0, 0.1) is 6.92 Å². The van der Waals surface area contributed by atoms with E-state index < -0.39 is 0 Å². The number of aryl methyl sites for hydroxylation is 1. The van der Waals surface area contributed by atoms with Crippen LogP contribution in [0.15, 0.2) is 30.3 Å². The monoisotopic (exact) mass is 369 g/mol. The van der Waals surface area contributed by atoms with Gasteiger partial charge in [0.15, 0.2) is 0 Å². The first-order valence-corrected chi connectivity index (χ1v) is 9.70. The van der Waals surface area contributed by atoms with Gasteiger partial charge in [-0.15, -0.1) is 0 Å². The van der Waals surface area contributed by atoms with Crippen LogP contribution in [0.1, 0.15) is 41.7 Å². The molecule has 2 aliphatic rings. The molecule has 1 amide bonds. The molecule has 1 spiro atoms. The van der Waals surface area contributed by atoms with Crippen LogP contribution in [0.25, 0.3) is 11.3 Å². The van der Waals surface area contributed by atoms with Gasteiger partial charge in [-0.25, -0.2) is 0 Å². The van der Waals surface area contributed by atoms with Gasteiger partial charge in [-0.1, -0.05) is 29.8 Å². The van der Waals surface area contributed by atoms with Crippen LogP contribution in [0.2, 0.25) is 0 Å². The summed E-state index contributed by atoms with van der Waals surface area (Å²) in [5.74, 6) is 0.000452. The van der Waals surface area contributed by atoms with E-state index in [1.807, 2.05) is 35.2 Å². The lowest BCUT2D eigenvalue weighted by Crippen LogP contribution is -2.56. The number of amides is 1. The lowest BCUT2D eigenvalue weighted by atomic mass is 9.82. The number of carbonyl (C=O) groups excluding carboxylic acids is 1. The Kier molecular flexibility index (Phi) is 5.02. The molecule has 0 saturated carbocycles. The maximum atomic E-state index is 12.9. The molecule has 6 nitrogen and oxygen atoms in total. The molecule has 144 valence electrons. The summed E-state index contributed by atoms with van der Waals surface area (Å²) in [5, 5.41) is 7.23. The number of likely N-dealkylation sites (tertiary alicyclic amines) is 1. The predicted octanol–water partition coefficient (Wildman–Crippen LogP) is 3.19. The number of hydrogen-bond acceptors (Lipinski definition) is 4. The maximum absolute atomic E-state index is 12.9. The van der Waals surface area contributed by atoms with Gasteiger partial charge in [-0.2, -0.15) is 5.10 Å². The molecule has 0 aliphatic carbocycles. The van der Waals surface area contributed by atoms with Crippen LogP contribution in [-0.2, 0) is 9.47 Å². The highest BCUT2D eigenvalue weighted by Gasteiger charge is 2.45. The Bertz CT molecular complexity index is 791. The molecule has 2 aromatic rings. The number of methoxy groups -OCH3 is 1. The molecule has 27 heavy (non-hydrogen) atoms. The van der Waals surface area contributed by atoms with Crippen molar-refractivity contribution < 1.29 is 14.3 Å². The summed E-state index contributed by atoms with van der Waals surface area (Å²) in [6, 6.07) is 9.98. The third kappa shape index (κ3) is 3.51. The van der Waals surface area contributed by atoms with E-state index in [1.165, 1.54) is 5.56 Å². The van der Waals surface area contributed by atoms with Crippen molar-refractivity contribution in [1.29, 1.82) is 0 Å². The fourth-order valence-corrected chi connectivity index (χ4v) is 4.26. The average Bonchev–Trinajstić information content (AvgIpc) is 3.19. The molecule has 0 radical (unpaired) electrons. The first-order valence-electron chi connectivity index (χ1n) is 9.70. The van der Waals surface area contributed by atoms with Crippen molar-refractivity contribution >= 4 is 5.91 Å². The Morgan fingerprint density at radius 3 is 2.74 bits per heavy atom. The first-order chi connectivity index (χ1) is 13.1. The van der Waals surface area contributed by atoms with Crippen molar-refractivity contribution in [2.45, 2.75) is 44.3 Å². The normalized spacial score (nSPS) is 22.1. The van der Waals surface area contributed by atoms with Crippen molar-refractivity contribution in [1.82, 2.24) is 15.1 Å². The SMILES string of the molecule is COC1CCCOC12CCN(C(=O)c1cc(-c3ccc(C)cc3)n[nH]1)CC2. The maximum Gasteiger partial charge on any atom is 0.271 e. The predicted molar refractivity (Wildman–Crippen MR) is 103 cm³/mol. The van der Waals surface area contributed by atoms with E-state index in [2.05, 4.69) is 17.1 Å². The number of rotatable bonds is 3. The molecule has 2 aliphatic heterocycles. The van der Waals surface area contributed by atoms with Gasteiger partial charge < -0.3 is 14.4 Å². The molecular weight excluding hydrogens is 342 g/mol. The molecule has 2 fully saturated rings. The lowest BCUT2D eigenvalue weighted by molar-refractivity contribution is -0.183. The molecule has 4 rings (SSSR count). The van der Waals surface area contributed by atoms with Crippen LogP contribution < -0.4 is 0 Å². The van der Waals surface area contributed by atoms with Crippen molar-refractivity contribution in [2.24, 2.45) is 0 Å². The number of ether oxygens (including phenoxy) is 2. The number of benzene rings is 1. The number of aromatic nitrogens is 2. The zero-order valence-electron chi connectivity index (χ0n) is 16.0. The van der Waals surface area contributed by atoms with E-state index in [0.29, 0.717) is 18.8 Å². The molecule has 1 unspecified atom stereocenters. The van der Waals surface area contributed by atoms with E-state index in [9.17, 15) is 4.79 Å². The molecular formula is C21H27N3O3. The standard InChI is InChI=1S/C21H27N3O3/c1-15-5-7-16(8-6-15)17-14-18(23-22-17)20(25)24-11-9-21(10-12-24)19(26-2)4-3-13-27-21/h5-8,14,19H,3-4,9-13H2,1-2H3,(H,22,23). The minimum absolute atomic E-state index is 0.000452. The number of hydrogen-bond donors (Lipinski definition) is 1. The zero-order valence-corrected chi connectivity index (χ0v) is 16.0. The summed E-state index contributed by atoms with van der Waals surface area (Å²) in [6.07, 6.45) is 3.83. The molecule has 3 heterocycles. The zero-order chi connectivity index (χ0) is 18.9. The van der Waals surface area contributed by atoms with Gasteiger partial charge in [0.2, 0.25) is 0 Å². The van der Waals surface area contributed by atoms with Crippen LogP contribution >= 0.6 is 0 Å². The fraction of sp³-hybridized carbons (Fsp3) is 0.524. The highest BCUT2D eigenvalue weighted by atomic mass is 16.5. The summed E-state index contributed by atoms with van der Waals surface area (Å²) in [7, 11) is 1.76. The highest BCUT2D eigenvalue weighted by molar-refractivity contribution is 5.93. The van der Waals surface area contributed by atoms with Crippen molar-refractivity contribution in [2.75, 3.05) is 26.8 Å². The number of aromatic amines is 1. The summed E-state index contributed by atoms with van der Waals surface area (Å²) >= 11 is 0. The third-order valence-corrected chi connectivity index (χ3v) is 5.92. The molecule has 1 N–H and O–H groups in total. The van der Waals surface area contributed by atoms with Crippen molar-refractivity contribution in [3.63, 3.8) is 0 Å². The Morgan fingerprint density at radius 2 is 2.04 bits per heavy atom. The Hall–Kier alpha value is -2.18.